The number of hydrogen-bond acceptors (Lipinski definition) is 6. The number of fused-ring (bicyclic) bond motifs is 1. The molecule has 0 radical (unpaired) electrons. The van der Waals surface area contributed by atoms with Crippen molar-refractivity contribution in [3.05, 3.63) is 51.4 Å². The number of carbonyl (C=O) groups is 1. The maximum Gasteiger partial charge on any atom is 0.347 e. The molecule has 0 bridgehead atoms. The fourth-order valence-electron chi connectivity index (χ4n) is 2.68. The fraction of sp³-hybridized carbons (Fsp3) is 0.235. The lowest BCUT2D eigenvalue weighted by molar-refractivity contribution is 0.0595. The van der Waals surface area contributed by atoms with Crippen molar-refractivity contribution in [3.63, 3.8) is 0 Å². The van der Waals surface area contributed by atoms with Crippen molar-refractivity contribution in [1.82, 2.24) is 14.8 Å². The van der Waals surface area contributed by atoms with E-state index in [1.807, 2.05) is 24.3 Å². The summed E-state index contributed by atoms with van der Waals surface area (Å²) in [5.74, 6) is -0.624. The van der Waals surface area contributed by atoms with Crippen molar-refractivity contribution in [2.75, 3.05) is 14.2 Å². The Bertz CT molecular complexity index is 1000. The topological polar surface area (TPSA) is 106 Å². The van der Waals surface area contributed by atoms with E-state index >= 15 is 0 Å². The quantitative estimate of drug-likeness (QED) is 0.697. The minimum atomic E-state index is -0.907. The molecule has 1 aromatic carbocycles. The van der Waals surface area contributed by atoms with Crippen molar-refractivity contribution in [2.24, 2.45) is 0 Å². The number of esters is 1. The molecule has 0 unspecified atom stereocenters. The zero-order valence-corrected chi connectivity index (χ0v) is 14.0. The molecule has 8 nitrogen and oxygen atoms in total. The van der Waals surface area contributed by atoms with E-state index in [0.29, 0.717) is 17.8 Å². The van der Waals surface area contributed by atoms with Crippen LogP contribution in [-0.2, 0) is 11.3 Å². The van der Waals surface area contributed by atoms with Gasteiger partial charge in [0.15, 0.2) is 11.3 Å². The Morgan fingerprint density at radius 2 is 1.96 bits per heavy atom. The number of ether oxygens (including phenoxy) is 2. The van der Waals surface area contributed by atoms with Gasteiger partial charge < -0.3 is 19.6 Å². The van der Waals surface area contributed by atoms with Crippen molar-refractivity contribution < 1.29 is 19.4 Å². The third kappa shape index (κ3) is 2.82. The highest BCUT2D eigenvalue weighted by molar-refractivity contribution is 5.98. The number of aromatic hydroxyl groups is 1. The van der Waals surface area contributed by atoms with Gasteiger partial charge in [0, 0.05) is 0 Å². The van der Waals surface area contributed by atoms with Crippen LogP contribution in [0.2, 0.25) is 0 Å². The van der Waals surface area contributed by atoms with Gasteiger partial charge >= 0.3 is 5.97 Å². The number of aromatic nitrogens is 3. The number of benzene rings is 1. The van der Waals surface area contributed by atoms with E-state index in [9.17, 15) is 14.7 Å². The zero-order valence-electron chi connectivity index (χ0n) is 14.0. The second kappa shape index (κ2) is 6.31. The van der Waals surface area contributed by atoms with E-state index in [-0.39, 0.29) is 5.52 Å². The van der Waals surface area contributed by atoms with Gasteiger partial charge in [0.1, 0.15) is 11.3 Å². The number of carbonyl (C=O) groups excluding carboxylic acids is 1. The summed E-state index contributed by atoms with van der Waals surface area (Å²) in [5.41, 5.74) is 0.939. The van der Waals surface area contributed by atoms with E-state index in [1.165, 1.54) is 4.68 Å². The van der Waals surface area contributed by atoms with Crippen molar-refractivity contribution in [1.29, 1.82) is 0 Å². The molecule has 0 fully saturated rings. The van der Waals surface area contributed by atoms with E-state index in [0.717, 1.165) is 18.4 Å². The smallest absolute Gasteiger partial charge is 0.347 e. The molecule has 130 valence electrons. The van der Waals surface area contributed by atoms with Crippen molar-refractivity contribution in [2.45, 2.75) is 13.5 Å². The van der Waals surface area contributed by atoms with Gasteiger partial charge in [-0.15, -0.1) is 0 Å². The second-order valence-electron chi connectivity index (χ2n) is 5.48. The Hall–Kier alpha value is -3.29. The molecule has 3 rings (SSSR count). The minimum absolute atomic E-state index is 0.272. The van der Waals surface area contributed by atoms with Crippen LogP contribution in [0.3, 0.4) is 0 Å². The average molecular weight is 343 g/mol. The van der Waals surface area contributed by atoms with Crippen molar-refractivity contribution >= 4 is 17.0 Å². The summed E-state index contributed by atoms with van der Waals surface area (Å²) in [6.07, 6.45) is 0. The Labute approximate surface area is 142 Å². The van der Waals surface area contributed by atoms with Gasteiger partial charge in [-0.3, -0.25) is 9.48 Å². The first-order valence-electron chi connectivity index (χ1n) is 7.49. The highest BCUT2D eigenvalue weighted by atomic mass is 16.5. The van der Waals surface area contributed by atoms with Crippen LogP contribution in [0.25, 0.3) is 11.0 Å². The van der Waals surface area contributed by atoms with Crippen LogP contribution in [0.1, 0.15) is 21.6 Å². The molecule has 0 aliphatic rings. The molecule has 3 aromatic rings. The molecule has 0 saturated carbocycles. The highest BCUT2D eigenvalue weighted by Crippen LogP contribution is 2.28. The summed E-state index contributed by atoms with van der Waals surface area (Å²) in [6, 6.07) is 7.36. The Kier molecular flexibility index (Phi) is 4.18. The van der Waals surface area contributed by atoms with Crippen LogP contribution in [0.15, 0.2) is 29.1 Å². The molecule has 0 aliphatic heterocycles. The third-order valence-corrected chi connectivity index (χ3v) is 3.94. The maximum absolute atomic E-state index is 12.1. The number of nitrogens with zero attached hydrogens (tertiary/aromatic N) is 2. The molecular weight excluding hydrogens is 326 g/mol. The molecule has 25 heavy (non-hydrogen) atoms. The number of aromatic amines is 1. The predicted octanol–water partition coefficient (Wildman–Crippen LogP) is 1.58. The van der Waals surface area contributed by atoms with Crippen LogP contribution >= 0.6 is 0 Å². The predicted molar refractivity (Wildman–Crippen MR) is 90.2 cm³/mol. The standard InChI is InChI=1S/C17H17N3O5/c1-9-13-14(15(21)12(16(22)18-13)17(23)25-3)20(19-9)8-10-4-6-11(24-2)7-5-10/h4-7H,8H2,1-3H3,(H2,18,21,22). The number of nitrogens with one attached hydrogen (secondary N) is 1. The summed E-state index contributed by atoms with van der Waals surface area (Å²) in [4.78, 5) is 26.5. The summed E-state index contributed by atoms with van der Waals surface area (Å²) >= 11 is 0. The van der Waals surface area contributed by atoms with E-state index in [4.69, 9.17) is 4.74 Å². The SMILES string of the molecule is COC(=O)c1c(O)c2c([nH]c1=O)c(C)nn2Cc1ccc(OC)cc1. The first-order chi connectivity index (χ1) is 12.0. The number of pyridine rings is 1. The Morgan fingerprint density at radius 3 is 2.56 bits per heavy atom. The van der Waals surface area contributed by atoms with Crippen LogP contribution in [-0.4, -0.2) is 40.1 Å². The van der Waals surface area contributed by atoms with Gasteiger partial charge in [-0.1, -0.05) is 12.1 Å². The van der Waals surface area contributed by atoms with Crippen LogP contribution < -0.4 is 10.3 Å². The lowest BCUT2D eigenvalue weighted by Gasteiger charge is -2.08. The Morgan fingerprint density at radius 1 is 1.28 bits per heavy atom. The zero-order chi connectivity index (χ0) is 18.1. The highest BCUT2D eigenvalue weighted by Gasteiger charge is 2.23. The lowest BCUT2D eigenvalue weighted by atomic mass is 10.2. The van der Waals surface area contributed by atoms with Crippen LogP contribution in [0.4, 0.5) is 0 Å². The molecule has 8 heteroatoms. The molecule has 0 atom stereocenters. The molecule has 0 saturated heterocycles. The van der Waals surface area contributed by atoms with Gasteiger partial charge in [-0.2, -0.15) is 5.10 Å². The summed E-state index contributed by atoms with van der Waals surface area (Å²) in [7, 11) is 2.73. The number of hydrogen-bond donors (Lipinski definition) is 2. The van der Waals surface area contributed by atoms with Crippen molar-refractivity contribution in [3.8, 4) is 11.5 Å². The normalized spacial score (nSPS) is 10.8. The molecule has 0 amide bonds. The molecule has 0 spiro atoms. The first kappa shape index (κ1) is 16.6. The molecular formula is C17H17N3O5. The minimum Gasteiger partial charge on any atom is -0.505 e. The van der Waals surface area contributed by atoms with E-state index in [1.54, 1.807) is 14.0 Å². The molecule has 2 aromatic heterocycles. The fourth-order valence-corrected chi connectivity index (χ4v) is 2.68. The third-order valence-electron chi connectivity index (χ3n) is 3.94. The molecule has 2 heterocycles. The summed E-state index contributed by atoms with van der Waals surface area (Å²) < 4.78 is 11.2. The molecule has 0 aliphatic carbocycles. The summed E-state index contributed by atoms with van der Waals surface area (Å²) in [6.45, 7) is 2.05. The van der Waals surface area contributed by atoms with E-state index < -0.39 is 22.8 Å². The number of H-pyrrole nitrogens is 1. The summed E-state index contributed by atoms with van der Waals surface area (Å²) in [5, 5.41) is 14.8. The lowest BCUT2D eigenvalue weighted by Crippen LogP contribution is -2.19. The van der Waals surface area contributed by atoms with Gasteiger partial charge in [0.25, 0.3) is 5.56 Å². The van der Waals surface area contributed by atoms with Gasteiger partial charge in [-0.05, 0) is 24.6 Å². The second-order valence-corrected chi connectivity index (χ2v) is 5.48. The average Bonchev–Trinajstić information content (AvgIpc) is 2.91. The maximum atomic E-state index is 12.1. The largest absolute Gasteiger partial charge is 0.505 e. The number of rotatable bonds is 4. The van der Waals surface area contributed by atoms with Gasteiger partial charge in [0.2, 0.25) is 0 Å². The van der Waals surface area contributed by atoms with Crippen LogP contribution in [0.5, 0.6) is 11.5 Å². The number of methoxy groups -OCH3 is 2. The first-order valence-corrected chi connectivity index (χ1v) is 7.49. The van der Waals surface area contributed by atoms with Gasteiger partial charge in [0.05, 0.1) is 32.0 Å². The van der Waals surface area contributed by atoms with E-state index in [2.05, 4.69) is 14.8 Å². The number of aryl methyl sites for hydroxylation is 1. The monoisotopic (exact) mass is 343 g/mol. The molecule has 2 N–H and O–H groups in total. The van der Waals surface area contributed by atoms with Crippen LogP contribution in [0, 0.1) is 6.92 Å². The Balaban J connectivity index is 2.15. The van der Waals surface area contributed by atoms with Gasteiger partial charge in [-0.25, -0.2) is 4.79 Å².